The Labute approximate surface area is 138 Å². The first-order valence-corrected chi connectivity index (χ1v) is 8.13. The molecule has 0 aliphatic heterocycles. The average Bonchev–Trinajstić information content (AvgIpc) is 2.55. The quantitative estimate of drug-likeness (QED) is 0.775. The largest absolute Gasteiger partial charge is 0.478 e. The number of carboxylic acids is 1. The van der Waals surface area contributed by atoms with Gasteiger partial charge in [0.25, 0.3) is 0 Å². The lowest BCUT2D eigenvalue weighted by atomic mass is 9.89. The van der Waals surface area contributed by atoms with Crippen molar-refractivity contribution in [1.82, 2.24) is 5.32 Å². The van der Waals surface area contributed by atoms with Crippen LogP contribution >= 0.6 is 0 Å². The molecule has 1 atom stereocenters. The van der Waals surface area contributed by atoms with Crippen LogP contribution in [0.15, 0.2) is 54.6 Å². The Kier molecular flexibility index (Phi) is 6.36. The SMILES string of the molecule is CC(C)C(CNCc1ccc(C(=O)O)cc1)Cc1ccccc1. The Morgan fingerprint density at radius 3 is 2.22 bits per heavy atom. The molecule has 3 nitrogen and oxygen atoms in total. The van der Waals surface area contributed by atoms with Crippen molar-refractivity contribution in [3.8, 4) is 0 Å². The summed E-state index contributed by atoms with van der Waals surface area (Å²) in [6, 6.07) is 17.6. The highest BCUT2D eigenvalue weighted by molar-refractivity contribution is 5.87. The van der Waals surface area contributed by atoms with Gasteiger partial charge in [-0.25, -0.2) is 4.79 Å². The van der Waals surface area contributed by atoms with Gasteiger partial charge in [0.2, 0.25) is 0 Å². The van der Waals surface area contributed by atoms with Crippen molar-refractivity contribution < 1.29 is 9.90 Å². The third-order valence-electron chi connectivity index (χ3n) is 4.22. The molecule has 0 saturated heterocycles. The van der Waals surface area contributed by atoms with Crippen LogP contribution in [0, 0.1) is 11.8 Å². The molecule has 1 unspecified atom stereocenters. The molecule has 3 heteroatoms. The predicted octanol–water partition coefficient (Wildman–Crippen LogP) is 3.99. The molecule has 0 heterocycles. The lowest BCUT2D eigenvalue weighted by Gasteiger charge is -2.21. The second kappa shape index (κ2) is 8.49. The fourth-order valence-corrected chi connectivity index (χ4v) is 2.63. The highest BCUT2D eigenvalue weighted by atomic mass is 16.4. The molecular formula is C20H25NO2. The van der Waals surface area contributed by atoms with Crippen molar-refractivity contribution >= 4 is 5.97 Å². The van der Waals surface area contributed by atoms with E-state index in [1.54, 1.807) is 12.1 Å². The van der Waals surface area contributed by atoms with Crippen LogP contribution in [0.1, 0.15) is 35.3 Å². The Balaban J connectivity index is 1.85. The number of rotatable bonds is 8. The Hall–Kier alpha value is -2.13. The zero-order chi connectivity index (χ0) is 16.7. The van der Waals surface area contributed by atoms with Crippen molar-refractivity contribution in [3.05, 3.63) is 71.3 Å². The summed E-state index contributed by atoms with van der Waals surface area (Å²) in [6.07, 6.45) is 1.07. The van der Waals surface area contributed by atoms with Crippen LogP contribution in [0.4, 0.5) is 0 Å². The van der Waals surface area contributed by atoms with Gasteiger partial charge in [0.05, 0.1) is 5.56 Å². The second-order valence-corrected chi connectivity index (χ2v) is 6.33. The van der Waals surface area contributed by atoms with E-state index < -0.39 is 5.97 Å². The molecule has 23 heavy (non-hydrogen) atoms. The number of carbonyl (C=O) groups is 1. The van der Waals surface area contributed by atoms with Gasteiger partial charge in [-0.3, -0.25) is 0 Å². The minimum atomic E-state index is -0.882. The van der Waals surface area contributed by atoms with E-state index in [-0.39, 0.29) is 0 Å². The van der Waals surface area contributed by atoms with E-state index in [0.717, 1.165) is 25.1 Å². The third kappa shape index (κ3) is 5.53. The molecule has 0 radical (unpaired) electrons. The lowest BCUT2D eigenvalue weighted by Crippen LogP contribution is -2.27. The molecule has 0 bridgehead atoms. The van der Waals surface area contributed by atoms with Gasteiger partial charge in [-0.05, 0) is 48.1 Å². The summed E-state index contributed by atoms with van der Waals surface area (Å²) in [5.74, 6) is 0.306. The van der Waals surface area contributed by atoms with Gasteiger partial charge in [0.1, 0.15) is 0 Å². The Bertz CT molecular complexity index is 605. The third-order valence-corrected chi connectivity index (χ3v) is 4.22. The van der Waals surface area contributed by atoms with Crippen LogP contribution in [0.2, 0.25) is 0 Å². The van der Waals surface area contributed by atoms with Crippen LogP contribution in [-0.4, -0.2) is 17.6 Å². The van der Waals surface area contributed by atoms with E-state index >= 15 is 0 Å². The second-order valence-electron chi connectivity index (χ2n) is 6.33. The van der Waals surface area contributed by atoms with Gasteiger partial charge in [-0.1, -0.05) is 56.3 Å². The molecule has 2 rings (SSSR count). The monoisotopic (exact) mass is 311 g/mol. The number of carboxylic acid groups (broad SMARTS) is 1. The maximum Gasteiger partial charge on any atom is 0.335 e. The van der Waals surface area contributed by atoms with Crippen molar-refractivity contribution in [2.45, 2.75) is 26.8 Å². The molecule has 122 valence electrons. The Morgan fingerprint density at radius 2 is 1.65 bits per heavy atom. The van der Waals surface area contributed by atoms with Gasteiger partial charge < -0.3 is 10.4 Å². The molecule has 2 aromatic rings. The molecule has 0 fully saturated rings. The highest BCUT2D eigenvalue weighted by Gasteiger charge is 2.13. The van der Waals surface area contributed by atoms with Crippen molar-refractivity contribution in [1.29, 1.82) is 0 Å². The first-order chi connectivity index (χ1) is 11.1. The molecule has 0 aliphatic rings. The van der Waals surface area contributed by atoms with Gasteiger partial charge in [0.15, 0.2) is 0 Å². The standard InChI is InChI=1S/C20H25NO2/c1-15(2)19(12-16-6-4-3-5-7-16)14-21-13-17-8-10-18(11-9-17)20(22)23/h3-11,15,19,21H,12-14H2,1-2H3,(H,22,23). The highest BCUT2D eigenvalue weighted by Crippen LogP contribution is 2.17. The number of hydrogen-bond acceptors (Lipinski definition) is 2. The summed E-state index contributed by atoms with van der Waals surface area (Å²) in [6.45, 7) is 6.24. The minimum absolute atomic E-state index is 0.331. The number of benzene rings is 2. The van der Waals surface area contributed by atoms with E-state index in [1.165, 1.54) is 5.56 Å². The van der Waals surface area contributed by atoms with Crippen LogP contribution in [-0.2, 0) is 13.0 Å². The zero-order valence-electron chi connectivity index (χ0n) is 13.8. The maximum absolute atomic E-state index is 10.8. The summed E-state index contributed by atoms with van der Waals surface area (Å²) in [4.78, 5) is 10.8. The molecule has 0 spiro atoms. The smallest absolute Gasteiger partial charge is 0.335 e. The number of hydrogen-bond donors (Lipinski definition) is 2. The summed E-state index contributed by atoms with van der Waals surface area (Å²) < 4.78 is 0. The average molecular weight is 311 g/mol. The first kappa shape index (κ1) is 17.2. The summed E-state index contributed by atoms with van der Waals surface area (Å²) >= 11 is 0. The van der Waals surface area contributed by atoms with E-state index in [2.05, 4.69) is 43.4 Å². The Morgan fingerprint density at radius 1 is 1.00 bits per heavy atom. The van der Waals surface area contributed by atoms with E-state index in [9.17, 15) is 4.79 Å². The molecule has 0 amide bonds. The topological polar surface area (TPSA) is 49.3 Å². The summed E-state index contributed by atoms with van der Waals surface area (Å²) in [5, 5.41) is 12.4. The van der Waals surface area contributed by atoms with Crippen molar-refractivity contribution in [2.75, 3.05) is 6.54 Å². The fraction of sp³-hybridized carbons (Fsp3) is 0.350. The lowest BCUT2D eigenvalue weighted by molar-refractivity contribution is 0.0697. The van der Waals surface area contributed by atoms with Crippen molar-refractivity contribution in [2.24, 2.45) is 11.8 Å². The van der Waals surface area contributed by atoms with E-state index in [4.69, 9.17) is 5.11 Å². The molecule has 2 aromatic carbocycles. The zero-order valence-corrected chi connectivity index (χ0v) is 13.8. The summed E-state index contributed by atoms with van der Waals surface area (Å²) in [7, 11) is 0. The van der Waals surface area contributed by atoms with Crippen LogP contribution in [0.25, 0.3) is 0 Å². The van der Waals surface area contributed by atoms with E-state index in [1.807, 2.05) is 18.2 Å². The number of nitrogens with one attached hydrogen (secondary N) is 1. The minimum Gasteiger partial charge on any atom is -0.478 e. The normalized spacial score (nSPS) is 12.3. The molecule has 0 aromatic heterocycles. The molecule has 0 aliphatic carbocycles. The molecule has 2 N–H and O–H groups in total. The maximum atomic E-state index is 10.8. The molecular weight excluding hydrogens is 286 g/mol. The van der Waals surface area contributed by atoms with Gasteiger partial charge in [-0.15, -0.1) is 0 Å². The predicted molar refractivity (Wildman–Crippen MR) is 93.6 cm³/mol. The van der Waals surface area contributed by atoms with Crippen LogP contribution in [0.5, 0.6) is 0 Å². The fourth-order valence-electron chi connectivity index (χ4n) is 2.63. The van der Waals surface area contributed by atoms with Gasteiger partial charge in [0, 0.05) is 6.54 Å². The van der Waals surface area contributed by atoms with Crippen LogP contribution < -0.4 is 5.32 Å². The van der Waals surface area contributed by atoms with Gasteiger partial charge >= 0.3 is 5.97 Å². The molecule has 0 saturated carbocycles. The van der Waals surface area contributed by atoms with Crippen LogP contribution in [0.3, 0.4) is 0 Å². The van der Waals surface area contributed by atoms with Gasteiger partial charge in [-0.2, -0.15) is 0 Å². The first-order valence-electron chi connectivity index (χ1n) is 8.13. The summed E-state index contributed by atoms with van der Waals surface area (Å²) in [5.41, 5.74) is 2.81. The number of aromatic carboxylic acids is 1. The van der Waals surface area contributed by atoms with E-state index in [0.29, 0.717) is 17.4 Å². The van der Waals surface area contributed by atoms with Crippen molar-refractivity contribution in [3.63, 3.8) is 0 Å².